The Bertz CT molecular complexity index is 901. The van der Waals surface area contributed by atoms with Crippen LogP contribution < -0.4 is 9.47 Å². The Morgan fingerprint density at radius 3 is 2.43 bits per heavy atom. The Morgan fingerprint density at radius 2 is 1.79 bits per heavy atom. The first-order chi connectivity index (χ1) is 13.5. The molecule has 0 aliphatic carbocycles. The average Bonchev–Trinajstić information content (AvgIpc) is 3.20. The van der Waals surface area contributed by atoms with Crippen LogP contribution in [0.1, 0.15) is 27.5 Å². The molecule has 2 aromatic carbocycles. The highest BCUT2D eigenvalue weighted by atomic mass is 32.1. The van der Waals surface area contributed by atoms with Gasteiger partial charge in [-0.25, -0.2) is 0 Å². The molecule has 0 spiro atoms. The Balaban J connectivity index is 1.49. The number of benzene rings is 2. The number of ether oxygens (including phenoxy) is 2. The molecule has 5 heteroatoms. The van der Waals surface area contributed by atoms with Crippen LogP contribution >= 0.6 is 11.3 Å². The molecule has 1 aromatic heterocycles. The summed E-state index contributed by atoms with van der Waals surface area (Å²) in [7, 11) is 0. The van der Waals surface area contributed by atoms with Gasteiger partial charge in [0.15, 0.2) is 0 Å². The van der Waals surface area contributed by atoms with Crippen LogP contribution in [-0.2, 0) is 11.2 Å². The van der Waals surface area contributed by atoms with Crippen LogP contribution in [0.4, 0.5) is 0 Å². The zero-order valence-electron chi connectivity index (χ0n) is 16.1. The van der Waals surface area contributed by atoms with Gasteiger partial charge in [-0.15, -0.1) is 11.3 Å². The number of carbonyl (C=O) groups is 1. The van der Waals surface area contributed by atoms with E-state index in [2.05, 4.69) is 13.0 Å². The van der Waals surface area contributed by atoms with Crippen molar-refractivity contribution in [3.63, 3.8) is 0 Å². The summed E-state index contributed by atoms with van der Waals surface area (Å²) in [6, 6.07) is 17.4. The van der Waals surface area contributed by atoms with Gasteiger partial charge >= 0.3 is 5.97 Å². The van der Waals surface area contributed by atoms with E-state index in [1.54, 1.807) is 0 Å². The molecule has 0 saturated carbocycles. The fourth-order valence-electron chi connectivity index (χ4n) is 3.03. The van der Waals surface area contributed by atoms with Gasteiger partial charge in [0.1, 0.15) is 24.7 Å². The largest absolute Gasteiger partial charge is 0.490 e. The summed E-state index contributed by atoms with van der Waals surface area (Å²) in [4.78, 5) is 12.4. The molecule has 0 bridgehead atoms. The second-order valence-electron chi connectivity index (χ2n) is 6.72. The first-order valence-corrected chi connectivity index (χ1v) is 10.1. The van der Waals surface area contributed by atoms with Gasteiger partial charge in [0, 0.05) is 4.88 Å². The van der Waals surface area contributed by atoms with E-state index in [9.17, 15) is 9.90 Å². The van der Waals surface area contributed by atoms with E-state index in [0.29, 0.717) is 19.6 Å². The highest BCUT2D eigenvalue weighted by Crippen LogP contribution is 2.26. The van der Waals surface area contributed by atoms with E-state index < -0.39 is 11.9 Å². The minimum absolute atomic E-state index is 0.444. The topological polar surface area (TPSA) is 55.8 Å². The SMILES string of the molecule is Cc1ccc(OCCOc2ccc(CC(C(=O)O)c3cccs3)cc2)c(C)c1. The maximum absolute atomic E-state index is 11.6. The smallest absolute Gasteiger partial charge is 0.312 e. The first-order valence-electron chi connectivity index (χ1n) is 9.21. The maximum atomic E-state index is 11.6. The molecular formula is C23H24O4S. The highest BCUT2D eigenvalue weighted by molar-refractivity contribution is 7.10. The number of thiophene rings is 1. The van der Waals surface area contributed by atoms with Crippen molar-refractivity contribution in [1.82, 2.24) is 0 Å². The molecule has 0 radical (unpaired) electrons. The highest BCUT2D eigenvalue weighted by Gasteiger charge is 2.21. The van der Waals surface area contributed by atoms with Crippen LogP contribution in [0.3, 0.4) is 0 Å². The predicted molar refractivity (Wildman–Crippen MR) is 112 cm³/mol. The van der Waals surface area contributed by atoms with E-state index in [1.165, 1.54) is 16.9 Å². The molecule has 3 aromatic rings. The summed E-state index contributed by atoms with van der Waals surface area (Å²) < 4.78 is 11.5. The average molecular weight is 397 g/mol. The molecule has 4 nitrogen and oxygen atoms in total. The predicted octanol–water partition coefficient (Wildman–Crippen LogP) is 5.23. The fraction of sp³-hybridized carbons (Fsp3) is 0.261. The van der Waals surface area contributed by atoms with E-state index >= 15 is 0 Å². The van der Waals surface area contributed by atoms with Gasteiger partial charge < -0.3 is 14.6 Å². The molecule has 1 unspecified atom stereocenters. The molecule has 0 aliphatic heterocycles. The lowest BCUT2D eigenvalue weighted by Gasteiger charge is -2.12. The molecule has 146 valence electrons. The minimum Gasteiger partial charge on any atom is -0.490 e. The van der Waals surface area contributed by atoms with Gasteiger partial charge in [0.2, 0.25) is 0 Å². The van der Waals surface area contributed by atoms with Crippen molar-refractivity contribution in [3.05, 3.63) is 81.5 Å². The number of hydrogen-bond acceptors (Lipinski definition) is 4. The molecule has 0 fully saturated rings. The maximum Gasteiger partial charge on any atom is 0.312 e. The summed E-state index contributed by atoms with van der Waals surface area (Å²) in [5, 5.41) is 11.4. The second-order valence-corrected chi connectivity index (χ2v) is 7.70. The number of aryl methyl sites for hydroxylation is 2. The third-order valence-corrected chi connectivity index (χ3v) is 5.47. The van der Waals surface area contributed by atoms with Crippen molar-refractivity contribution in [2.24, 2.45) is 0 Å². The van der Waals surface area contributed by atoms with Crippen molar-refractivity contribution in [2.45, 2.75) is 26.2 Å². The molecule has 28 heavy (non-hydrogen) atoms. The van der Waals surface area contributed by atoms with E-state index in [4.69, 9.17) is 9.47 Å². The fourth-order valence-corrected chi connectivity index (χ4v) is 3.85. The summed E-state index contributed by atoms with van der Waals surface area (Å²) >= 11 is 1.48. The molecule has 1 atom stereocenters. The van der Waals surface area contributed by atoms with Crippen LogP contribution in [0.25, 0.3) is 0 Å². The van der Waals surface area contributed by atoms with E-state index in [-0.39, 0.29) is 0 Å². The summed E-state index contributed by atoms with van der Waals surface area (Å²) in [5.41, 5.74) is 3.30. The van der Waals surface area contributed by atoms with Crippen LogP contribution in [0.2, 0.25) is 0 Å². The lowest BCUT2D eigenvalue weighted by molar-refractivity contribution is -0.138. The number of carboxylic acid groups (broad SMARTS) is 1. The lowest BCUT2D eigenvalue weighted by Crippen LogP contribution is -2.13. The van der Waals surface area contributed by atoms with Crippen molar-refractivity contribution in [1.29, 1.82) is 0 Å². The standard InChI is InChI=1S/C23H24O4S/c1-16-5-10-21(17(2)14-16)27-12-11-26-19-8-6-18(7-9-19)15-20(23(24)25)22-4-3-13-28-22/h3-10,13-14,20H,11-12,15H2,1-2H3,(H,24,25). The molecule has 0 amide bonds. The zero-order valence-corrected chi connectivity index (χ0v) is 16.9. The zero-order chi connectivity index (χ0) is 19.9. The molecule has 0 saturated heterocycles. The van der Waals surface area contributed by atoms with Gasteiger partial charge in [-0.1, -0.05) is 35.9 Å². The van der Waals surface area contributed by atoms with Crippen LogP contribution in [0.5, 0.6) is 11.5 Å². The lowest BCUT2D eigenvalue weighted by atomic mass is 9.98. The third-order valence-electron chi connectivity index (χ3n) is 4.49. The van der Waals surface area contributed by atoms with Gasteiger partial charge in [0.25, 0.3) is 0 Å². The molecule has 1 heterocycles. The van der Waals surface area contributed by atoms with Gasteiger partial charge in [-0.3, -0.25) is 4.79 Å². The number of hydrogen-bond donors (Lipinski definition) is 1. The molecular weight excluding hydrogens is 372 g/mol. The monoisotopic (exact) mass is 396 g/mol. The van der Waals surface area contributed by atoms with Gasteiger partial charge in [0.05, 0.1) is 5.92 Å². The van der Waals surface area contributed by atoms with Crippen LogP contribution in [0.15, 0.2) is 60.0 Å². The summed E-state index contributed by atoms with van der Waals surface area (Å²) in [6.07, 6.45) is 0.464. The Labute approximate surface area is 169 Å². The third kappa shape index (κ3) is 5.36. The van der Waals surface area contributed by atoms with Gasteiger partial charge in [-0.05, 0) is 61.0 Å². The van der Waals surface area contributed by atoms with Crippen LogP contribution in [0, 0.1) is 13.8 Å². The van der Waals surface area contributed by atoms with E-state index in [1.807, 2.05) is 60.8 Å². The Hall–Kier alpha value is -2.79. The second kappa shape index (κ2) is 9.42. The summed E-state index contributed by atoms with van der Waals surface area (Å²) in [5.74, 6) is 0.304. The van der Waals surface area contributed by atoms with Crippen molar-refractivity contribution < 1.29 is 19.4 Å². The van der Waals surface area contributed by atoms with Crippen LogP contribution in [-0.4, -0.2) is 24.3 Å². The summed E-state index contributed by atoms with van der Waals surface area (Å²) in [6.45, 7) is 5.00. The Kier molecular flexibility index (Phi) is 6.71. The Morgan fingerprint density at radius 1 is 1.04 bits per heavy atom. The molecule has 0 aliphatic rings. The van der Waals surface area contributed by atoms with Gasteiger partial charge in [-0.2, -0.15) is 0 Å². The van der Waals surface area contributed by atoms with Crippen molar-refractivity contribution in [3.8, 4) is 11.5 Å². The van der Waals surface area contributed by atoms with Crippen molar-refractivity contribution >= 4 is 17.3 Å². The molecule has 1 N–H and O–H groups in total. The number of rotatable bonds is 9. The minimum atomic E-state index is -0.800. The first kappa shape index (κ1) is 20.0. The number of carboxylic acids is 1. The van der Waals surface area contributed by atoms with Crippen molar-refractivity contribution in [2.75, 3.05) is 13.2 Å². The molecule has 3 rings (SSSR count). The van der Waals surface area contributed by atoms with E-state index in [0.717, 1.165) is 27.5 Å². The number of aliphatic carboxylic acids is 1. The quantitative estimate of drug-likeness (QED) is 0.503. The normalized spacial score (nSPS) is 11.8.